The van der Waals surface area contributed by atoms with Crippen molar-refractivity contribution in [1.29, 1.82) is 0 Å². The second kappa shape index (κ2) is 11.6. The maximum absolute atomic E-state index is 14.1. The Morgan fingerprint density at radius 2 is 1.86 bits per heavy atom. The van der Waals surface area contributed by atoms with Crippen LogP contribution in [0.15, 0.2) is 30.3 Å². The van der Waals surface area contributed by atoms with E-state index in [4.69, 9.17) is 4.74 Å². The number of nitrogens with one attached hydrogen (secondary N) is 2. The number of carbonyl (C=O) groups is 3. The van der Waals surface area contributed by atoms with Crippen LogP contribution in [0.4, 0.5) is 0 Å². The van der Waals surface area contributed by atoms with Crippen molar-refractivity contribution in [3.8, 4) is 0 Å². The summed E-state index contributed by atoms with van der Waals surface area (Å²) in [7, 11) is 0. The lowest BCUT2D eigenvalue weighted by molar-refractivity contribution is -0.145. The van der Waals surface area contributed by atoms with E-state index in [1.807, 2.05) is 37.3 Å². The fourth-order valence-electron chi connectivity index (χ4n) is 6.25. The van der Waals surface area contributed by atoms with E-state index < -0.39 is 35.6 Å². The number of hydrogen-bond donors (Lipinski definition) is 3. The lowest BCUT2D eigenvalue weighted by Crippen LogP contribution is -2.58. The van der Waals surface area contributed by atoms with Gasteiger partial charge in [-0.3, -0.25) is 14.4 Å². The second-order valence-corrected chi connectivity index (χ2v) is 11.4. The molecular weight excluding hydrogens is 526 g/mol. The summed E-state index contributed by atoms with van der Waals surface area (Å²) in [4.78, 5) is 42.5. The van der Waals surface area contributed by atoms with Crippen molar-refractivity contribution in [3.63, 3.8) is 0 Å². The molecule has 4 rings (SSSR count). The second-order valence-electron chi connectivity index (χ2n) is 10.2. The number of amides is 3. The third kappa shape index (κ3) is 4.82. The Kier molecular flexibility index (Phi) is 8.73. The van der Waals surface area contributed by atoms with Gasteiger partial charge in [0, 0.05) is 17.9 Å². The van der Waals surface area contributed by atoms with Crippen LogP contribution in [0.3, 0.4) is 0 Å². The number of unbranched alkanes of at least 4 members (excludes halogenated alkanes) is 2. The minimum atomic E-state index is -1.11. The number of hydrogen-bond acceptors (Lipinski definition) is 5. The lowest BCUT2D eigenvalue weighted by Gasteiger charge is -2.37. The van der Waals surface area contributed by atoms with Gasteiger partial charge < -0.3 is 25.4 Å². The fraction of sp³-hybridized carbons (Fsp3) is 0.667. The number of halogens is 1. The van der Waals surface area contributed by atoms with Crippen LogP contribution in [0.2, 0.25) is 0 Å². The highest BCUT2D eigenvalue weighted by Crippen LogP contribution is 2.60. The molecule has 3 fully saturated rings. The van der Waals surface area contributed by atoms with Gasteiger partial charge in [0.15, 0.2) is 0 Å². The Bertz CT molecular complexity index is 947. The molecule has 3 heterocycles. The van der Waals surface area contributed by atoms with Gasteiger partial charge in [0.05, 0.1) is 30.6 Å². The molecule has 0 saturated carbocycles. The highest BCUT2D eigenvalue weighted by atomic mass is 79.9. The minimum absolute atomic E-state index is 0.143. The van der Waals surface area contributed by atoms with Crippen LogP contribution in [0.1, 0.15) is 51.5 Å². The monoisotopic (exact) mass is 563 g/mol. The maximum Gasteiger partial charge on any atom is 0.245 e. The number of alkyl halides is 1. The van der Waals surface area contributed by atoms with E-state index in [1.54, 1.807) is 0 Å². The Hall–Kier alpha value is -1.97. The summed E-state index contributed by atoms with van der Waals surface area (Å²) in [6.45, 7) is 4.81. The summed E-state index contributed by atoms with van der Waals surface area (Å²) in [6.07, 6.45) is 4.04. The highest BCUT2D eigenvalue weighted by Gasteiger charge is 2.76. The first-order valence-corrected chi connectivity index (χ1v) is 14.1. The quantitative estimate of drug-likeness (QED) is 0.267. The van der Waals surface area contributed by atoms with Crippen molar-refractivity contribution in [2.45, 2.75) is 81.0 Å². The average Bonchev–Trinajstić information content (AvgIpc) is 3.47. The molecule has 3 N–H and O–H groups in total. The predicted octanol–water partition coefficient (Wildman–Crippen LogP) is 2.17. The smallest absolute Gasteiger partial charge is 0.245 e. The molecular formula is C27H38BrN3O5. The first-order valence-electron chi connectivity index (χ1n) is 13.2. The molecule has 1 aromatic rings. The molecule has 9 heteroatoms. The molecule has 198 valence electrons. The van der Waals surface area contributed by atoms with Gasteiger partial charge in [-0.05, 0) is 31.2 Å². The molecule has 3 aliphatic rings. The van der Waals surface area contributed by atoms with E-state index in [2.05, 4.69) is 33.5 Å². The molecule has 1 spiro atoms. The molecule has 8 nitrogen and oxygen atoms in total. The zero-order valence-electron chi connectivity index (χ0n) is 21.1. The van der Waals surface area contributed by atoms with Crippen molar-refractivity contribution in [3.05, 3.63) is 35.9 Å². The van der Waals surface area contributed by atoms with E-state index >= 15 is 0 Å². The van der Waals surface area contributed by atoms with E-state index in [-0.39, 0.29) is 29.2 Å². The molecule has 3 aliphatic heterocycles. The van der Waals surface area contributed by atoms with Gasteiger partial charge in [-0.25, -0.2) is 0 Å². The number of fused-ring (bicyclic) bond motifs is 1. The molecule has 36 heavy (non-hydrogen) atoms. The van der Waals surface area contributed by atoms with Crippen molar-refractivity contribution in [2.75, 3.05) is 19.7 Å². The number of rotatable bonds is 12. The summed E-state index contributed by atoms with van der Waals surface area (Å²) < 4.78 is 6.50. The molecule has 7 atom stereocenters. The van der Waals surface area contributed by atoms with Crippen LogP contribution in [0, 0.1) is 11.8 Å². The van der Waals surface area contributed by atoms with Crippen molar-refractivity contribution in [1.82, 2.24) is 15.5 Å². The zero-order chi connectivity index (χ0) is 25.9. The SMILES string of the molecule is CCCCCNC(=O)C1N([C@@H](CO)Cc2ccccc2)C(=O)[C@@H]2[C@H](C(=O)NCCC)[C@H]3OC12CC3Br. The first kappa shape index (κ1) is 27.1. The number of benzene rings is 1. The van der Waals surface area contributed by atoms with Gasteiger partial charge in [-0.15, -0.1) is 0 Å². The summed E-state index contributed by atoms with van der Waals surface area (Å²) in [5.74, 6) is -2.21. The van der Waals surface area contributed by atoms with Gasteiger partial charge in [0.25, 0.3) is 0 Å². The molecule has 3 saturated heterocycles. The van der Waals surface area contributed by atoms with Gasteiger partial charge in [-0.2, -0.15) is 0 Å². The van der Waals surface area contributed by atoms with Crippen LogP contribution in [-0.4, -0.2) is 76.0 Å². The number of aliphatic hydroxyl groups is 1. The molecule has 0 radical (unpaired) electrons. The van der Waals surface area contributed by atoms with Gasteiger partial charge in [0.2, 0.25) is 17.7 Å². The Labute approximate surface area is 221 Å². The number of aliphatic hydroxyl groups excluding tert-OH is 1. The van der Waals surface area contributed by atoms with E-state index in [1.165, 1.54) is 4.90 Å². The van der Waals surface area contributed by atoms with Crippen LogP contribution in [-0.2, 0) is 25.5 Å². The Morgan fingerprint density at radius 3 is 2.53 bits per heavy atom. The van der Waals surface area contributed by atoms with Crippen molar-refractivity contribution in [2.24, 2.45) is 11.8 Å². The third-order valence-corrected chi connectivity index (χ3v) is 8.67. The molecule has 1 aromatic carbocycles. The number of carbonyl (C=O) groups excluding carboxylic acids is 3. The molecule has 2 bridgehead atoms. The largest absolute Gasteiger partial charge is 0.394 e. The van der Waals surface area contributed by atoms with Crippen LogP contribution in [0.5, 0.6) is 0 Å². The van der Waals surface area contributed by atoms with E-state index in [0.29, 0.717) is 25.9 Å². The molecule has 3 unspecified atom stereocenters. The molecule has 0 aliphatic carbocycles. The lowest BCUT2D eigenvalue weighted by atomic mass is 9.70. The Balaban J connectivity index is 1.69. The summed E-state index contributed by atoms with van der Waals surface area (Å²) in [5.41, 5.74) is -0.148. The minimum Gasteiger partial charge on any atom is -0.394 e. The highest BCUT2D eigenvalue weighted by molar-refractivity contribution is 9.09. The Morgan fingerprint density at radius 1 is 1.14 bits per heavy atom. The van der Waals surface area contributed by atoms with Crippen molar-refractivity contribution < 1.29 is 24.2 Å². The summed E-state index contributed by atoms with van der Waals surface area (Å²) >= 11 is 3.69. The fourth-order valence-corrected chi connectivity index (χ4v) is 7.19. The van der Waals surface area contributed by atoms with Crippen LogP contribution >= 0.6 is 15.9 Å². The van der Waals surface area contributed by atoms with E-state index in [9.17, 15) is 19.5 Å². The van der Waals surface area contributed by atoms with Crippen molar-refractivity contribution >= 4 is 33.7 Å². The zero-order valence-corrected chi connectivity index (χ0v) is 22.7. The number of nitrogens with zero attached hydrogens (tertiary/aromatic N) is 1. The van der Waals surface area contributed by atoms with Crippen LogP contribution < -0.4 is 10.6 Å². The molecule has 3 amide bonds. The topological polar surface area (TPSA) is 108 Å². The normalized spacial score (nSPS) is 31.4. The molecule has 0 aromatic heterocycles. The number of ether oxygens (including phenoxy) is 1. The summed E-state index contributed by atoms with van der Waals surface area (Å²) in [5, 5.41) is 16.4. The van der Waals surface area contributed by atoms with E-state index in [0.717, 1.165) is 31.2 Å². The third-order valence-electron chi connectivity index (χ3n) is 7.83. The van der Waals surface area contributed by atoms with Gasteiger partial charge in [-0.1, -0.05) is 73.0 Å². The van der Waals surface area contributed by atoms with Crippen LogP contribution in [0.25, 0.3) is 0 Å². The standard InChI is InChI=1S/C27H38BrN3O5/c1-3-5-9-13-30-25(34)23-27-15-19(28)22(36-27)20(24(33)29-12-4-2)21(27)26(35)31(23)18(16-32)14-17-10-7-6-8-11-17/h6-8,10-11,18-23,32H,3-5,9,12-16H2,1-2H3,(H,29,33)(H,30,34)/t18-,19?,20+,21+,22+,23?,27?/m1/s1. The van der Waals surface area contributed by atoms with Gasteiger partial charge >= 0.3 is 0 Å². The number of likely N-dealkylation sites (tertiary alicyclic amines) is 1. The maximum atomic E-state index is 14.1. The van der Waals surface area contributed by atoms with Gasteiger partial charge in [0.1, 0.15) is 11.6 Å². The summed E-state index contributed by atoms with van der Waals surface area (Å²) in [6, 6.07) is 8.11. The average molecular weight is 565 g/mol. The predicted molar refractivity (Wildman–Crippen MR) is 139 cm³/mol. The first-order chi connectivity index (χ1) is 17.4.